The van der Waals surface area contributed by atoms with Gasteiger partial charge in [-0.3, -0.25) is 4.79 Å². The van der Waals surface area contributed by atoms with Crippen molar-refractivity contribution in [3.63, 3.8) is 0 Å². The van der Waals surface area contributed by atoms with Gasteiger partial charge in [-0.25, -0.2) is 0 Å². The summed E-state index contributed by atoms with van der Waals surface area (Å²) < 4.78 is 1.05. The van der Waals surface area contributed by atoms with Crippen LogP contribution in [-0.2, 0) is 0 Å². The van der Waals surface area contributed by atoms with Crippen LogP contribution in [0.1, 0.15) is 10.5 Å². The van der Waals surface area contributed by atoms with E-state index < -0.39 is 0 Å². The molecule has 1 amide bonds. The third-order valence-corrected chi connectivity index (χ3v) is 2.63. The van der Waals surface area contributed by atoms with Gasteiger partial charge in [-0.15, -0.1) is 12.4 Å². The van der Waals surface area contributed by atoms with Gasteiger partial charge in [0.15, 0.2) is 0 Å². The van der Waals surface area contributed by atoms with Gasteiger partial charge in [0, 0.05) is 22.9 Å². The predicted octanol–water partition coefficient (Wildman–Crippen LogP) is 0.743. The minimum Gasteiger partial charge on any atom is -0.356 e. The molecular weight excluding hydrogens is 316 g/mol. The number of halogens is 2. The number of hydrogen-bond acceptors (Lipinski definition) is 2. The van der Waals surface area contributed by atoms with Gasteiger partial charge in [-0.2, -0.15) is 0 Å². The van der Waals surface area contributed by atoms with Crippen molar-refractivity contribution in [3.8, 4) is 0 Å². The lowest BCUT2D eigenvalue weighted by atomic mass is 10.2. The van der Waals surface area contributed by atoms with Crippen LogP contribution in [0.15, 0.2) is 12.3 Å². The lowest BCUT2D eigenvalue weighted by Gasteiger charge is -2.27. The fraction of sp³-hybridized carbons (Fsp3) is 0.375. The first-order valence-corrected chi connectivity index (χ1v) is 5.19. The number of hydrogen-bond donors (Lipinski definition) is 3. The molecule has 0 atom stereocenters. The molecule has 0 saturated carbocycles. The fourth-order valence-corrected chi connectivity index (χ4v) is 1.62. The molecule has 1 aliphatic heterocycles. The van der Waals surface area contributed by atoms with Crippen molar-refractivity contribution in [1.29, 1.82) is 0 Å². The Morgan fingerprint density at radius 1 is 1.57 bits per heavy atom. The number of aromatic amines is 1. The highest BCUT2D eigenvalue weighted by atomic mass is 127. The summed E-state index contributed by atoms with van der Waals surface area (Å²) in [4.78, 5) is 14.4. The molecule has 0 spiro atoms. The van der Waals surface area contributed by atoms with Gasteiger partial charge in [-0.1, -0.05) is 0 Å². The molecule has 0 radical (unpaired) electrons. The van der Waals surface area contributed by atoms with Gasteiger partial charge < -0.3 is 15.6 Å². The van der Waals surface area contributed by atoms with Crippen molar-refractivity contribution in [2.75, 3.05) is 13.1 Å². The molecule has 3 N–H and O–H groups in total. The zero-order valence-electron chi connectivity index (χ0n) is 7.34. The van der Waals surface area contributed by atoms with Crippen LogP contribution in [0.3, 0.4) is 0 Å². The Morgan fingerprint density at radius 3 is 2.71 bits per heavy atom. The lowest BCUT2D eigenvalue weighted by molar-refractivity contribution is 0.0919. The minimum absolute atomic E-state index is 0. The Kier molecular flexibility index (Phi) is 4.21. The molecule has 0 unspecified atom stereocenters. The lowest BCUT2D eigenvalue weighted by Crippen LogP contribution is -2.56. The van der Waals surface area contributed by atoms with E-state index >= 15 is 0 Å². The summed E-state index contributed by atoms with van der Waals surface area (Å²) in [5, 5.41) is 6.01. The van der Waals surface area contributed by atoms with Crippen molar-refractivity contribution in [2.45, 2.75) is 6.04 Å². The third kappa shape index (κ3) is 2.61. The SMILES string of the molecule is Cl.O=C(NC1CNC1)c1cc(I)c[nH]1. The zero-order chi connectivity index (χ0) is 9.26. The molecule has 0 bridgehead atoms. The molecular formula is C8H11ClIN3O. The second kappa shape index (κ2) is 4.99. The van der Waals surface area contributed by atoms with Crippen LogP contribution in [0.25, 0.3) is 0 Å². The maximum atomic E-state index is 11.5. The molecule has 1 aromatic rings. The van der Waals surface area contributed by atoms with Crippen LogP contribution in [0.4, 0.5) is 0 Å². The Balaban J connectivity index is 0.000000980. The van der Waals surface area contributed by atoms with Crippen molar-refractivity contribution >= 4 is 40.9 Å². The fourth-order valence-electron chi connectivity index (χ4n) is 1.15. The number of carbonyl (C=O) groups is 1. The molecule has 78 valence electrons. The Hall–Kier alpha value is -0.270. The summed E-state index contributed by atoms with van der Waals surface area (Å²) in [6.07, 6.45) is 1.81. The summed E-state index contributed by atoms with van der Waals surface area (Å²) in [5.74, 6) is -0.0191. The molecule has 6 heteroatoms. The van der Waals surface area contributed by atoms with E-state index in [0.29, 0.717) is 11.7 Å². The second-order valence-corrected chi connectivity index (χ2v) is 4.31. The summed E-state index contributed by atoms with van der Waals surface area (Å²) in [5.41, 5.74) is 0.635. The Morgan fingerprint density at radius 2 is 2.29 bits per heavy atom. The monoisotopic (exact) mass is 327 g/mol. The van der Waals surface area contributed by atoms with E-state index in [-0.39, 0.29) is 18.3 Å². The van der Waals surface area contributed by atoms with E-state index in [4.69, 9.17) is 0 Å². The van der Waals surface area contributed by atoms with E-state index in [1.54, 1.807) is 0 Å². The highest BCUT2D eigenvalue weighted by molar-refractivity contribution is 14.1. The summed E-state index contributed by atoms with van der Waals surface area (Å²) >= 11 is 2.17. The van der Waals surface area contributed by atoms with Crippen molar-refractivity contribution in [1.82, 2.24) is 15.6 Å². The van der Waals surface area contributed by atoms with Gasteiger partial charge in [0.25, 0.3) is 5.91 Å². The van der Waals surface area contributed by atoms with Crippen LogP contribution in [0, 0.1) is 3.57 Å². The van der Waals surface area contributed by atoms with Crippen LogP contribution in [-0.4, -0.2) is 30.0 Å². The number of H-pyrrole nitrogens is 1. The van der Waals surface area contributed by atoms with Gasteiger partial charge in [0.05, 0.1) is 6.04 Å². The number of carbonyl (C=O) groups excluding carboxylic acids is 1. The first kappa shape index (κ1) is 11.8. The van der Waals surface area contributed by atoms with Crippen molar-refractivity contribution in [3.05, 3.63) is 21.5 Å². The molecule has 1 fully saturated rings. The van der Waals surface area contributed by atoms with Gasteiger partial charge in [0.2, 0.25) is 0 Å². The average molecular weight is 328 g/mol. The van der Waals surface area contributed by atoms with Crippen molar-refractivity contribution < 1.29 is 4.79 Å². The molecule has 2 rings (SSSR count). The quantitative estimate of drug-likeness (QED) is 0.702. The predicted molar refractivity (Wildman–Crippen MR) is 64.9 cm³/mol. The molecule has 2 heterocycles. The van der Waals surface area contributed by atoms with E-state index in [1.165, 1.54) is 0 Å². The van der Waals surface area contributed by atoms with Gasteiger partial charge in [-0.05, 0) is 28.7 Å². The van der Waals surface area contributed by atoms with E-state index in [1.807, 2.05) is 12.3 Å². The van der Waals surface area contributed by atoms with Crippen molar-refractivity contribution in [2.24, 2.45) is 0 Å². The van der Waals surface area contributed by atoms with Gasteiger partial charge in [0.1, 0.15) is 5.69 Å². The molecule has 0 aliphatic carbocycles. The van der Waals surface area contributed by atoms with Crippen LogP contribution < -0.4 is 10.6 Å². The number of amides is 1. The Bertz CT molecular complexity index is 324. The highest BCUT2D eigenvalue weighted by Gasteiger charge is 2.19. The third-order valence-electron chi connectivity index (χ3n) is 2.01. The smallest absolute Gasteiger partial charge is 0.268 e. The summed E-state index contributed by atoms with van der Waals surface area (Å²) in [6.45, 7) is 1.76. The first-order chi connectivity index (χ1) is 6.25. The molecule has 0 aromatic carbocycles. The van der Waals surface area contributed by atoms with E-state index in [9.17, 15) is 4.79 Å². The molecule has 1 saturated heterocycles. The largest absolute Gasteiger partial charge is 0.356 e. The molecule has 14 heavy (non-hydrogen) atoms. The highest BCUT2D eigenvalue weighted by Crippen LogP contribution is 2.06. The van der Waals surface area contributed by atoms with Crippen LogP contribution in [0.2, 0.25) is 0 Å². The van der Waals surface area contributed by atoms with Crippen LogP contribution >= 0.6 is 35.0 Å². The maximum Gasteiger partial charge on any atom is 0.268 e. The standard InChI is InChI=1S/C8H10IN3O.ClH/c9-5-1-7(11-2-5)8(13)12-6-3-10-4-6;/h1-2,6,10-11H,3-4H2,(H,12,13);1H. The second-order valence-electron chi connectivity index (χ2n) is 3.06. The molecule has 4 nitrogen and oxygen atoms in total. The maximum absolute atomic E-state index is 11.5. The summed E-state index contributed by atoms with van der Waals surface area (Å²) in [7, 11) is 0. The van der Waals surface area contributed by atoms with Gasteiger partial charge >= 0.3 is 0 Å². The molecule has 1 aromatic heterocycles. The van der Waals surface area contributed by atoms with E-state index in [2.05, 4.69) is 38.2 Å². The zero-order valence-corrected chi connectivity index (χ0v) is 10.3. The number of nitrogens with one attached hydrogen (secondary N) is 3. The minimum atomic E-state index is -0.0191. The summed E-state index contributed by atoms with van der Waals surface area (Å²) in [6, 6.07) is 2.13. The number of aromatic nitrogens is 1. The average Bonchev–Trinajstić information content (AvgIpc) is 2.44. The number of rotatable bonds is 2. The van der Waals surface area contributed by atoms with Crippen LogP contribution in [0.5, 0.6) is 0 Å². The van der Waals surface area contributed by atoms with E-state index in [0.717, 1.165) is 16.7 Å². The topological polar surface area (TPSA) is 56.9 Å². The normalized spacial score (nSPS) is 15.5. The molecule has 1 aliphatic rings. The Labute approximate surface area is 102 Å². The first-order valence-electron chi connectivity index (χ1n) is 4.11.